The summed E-state index contributed by atoms with van der Waals surface area (Å²) in [5, 5.41) is 14.4. The SMILES string of the molecule is C=C1CC=C(C2C=C(C(=O)Nc3ccc(-n4nc(-c5cccnc5)cc4C(F)(F)F)nn3)C=CC2)C=CC1=O. The highest BCUT2D eigenvalue weighted by Crippen LogP contribution is 2.34. The van der Waals surface area contributed by atoms with Gasteiger partial charge in [-0.25, -0.2) is 4.68 Å². The second kappa shape index (κ2) is 10.4. The fraction of sp³-hybridized carbons (Fsp3) is 0.143. The van der Waals surface area contributed by atoms with Crippen molar-refractivity contribution in [2.75, 3.05) is 5.32 Å². The van der Waals surface area contributed by atoms with Gasteiger partial charge in [-0.1, -0.05) is 37.0 Å². The van der Waals surface area contributed by atoms with Gasteiger partial charge in [0.25, 0.3) is 5.91 Å². The number of alkyl halides is 3. The van der Waals surface area contributed by atoms with Gasteiger partial charge in [0.2, 0.25) is 0 Å². The van der Waals surface area contributed by atoms with Crippen molar-refractivity contribution in [2.45, 2.75) is 19.0 Å². The lowest BCUT2D eigenvalue weighted by molar-refractivity contribution is -0.142. The second-order valence-corrected chi connectivity index (χ2v) is 8.87. The number of aromatic nitrogens is 5. The third-order valence-electron chi connectivity index (χ3n) is 6.18. The molecule has 1 amide bonds. The van der Waals surface area contributed by atoms with Crippen LogP contribution in [0.25, 0.3) is 17.1 Å². The summed E-state index contributed by atoms with van der Waals surface area (Å²) in [6.07, 6.45) is 9.81. The lowest BCUT2D eigenvalue weighted by Gasteiger charge is -2.17. The Kier molecular flexibility index (Phi) is 6.88. The topological polar surface area (TPSA) is 103 Å². The third kappa shape index (κ3) is 5.66. The number of pyridine rings is 1. The number of nitrogens with zero attached hydrogens (tertiary/aromatic N) is 5. The van der Waals surface area contributed by atoms with Gasteiger partial charge in [-0.2, -0.15) is 18.3 Å². The Bertz CT molecular complexity index is 1560. The predicted octanol–water partition coefficient (Wildman–Crippen LogP) is 5.20. The molecule has 0 radical (unpaired) electrons. The number of hydrogen-bond acceptors (Lipinski definition) is 6. The molecule has 2 aliphatic rings. The van der Waals surface area contributed by atoms with E-state index >= 15 is 0 Å². The minimum absolute atomic E-state index is 0.0591. The minimum Gasteiger partial charge on any atom is -0.305 e. The van der Waals surface area contributed by atoms with Crippen LogP contribution < -0.4 is 5.32 Å². The quantitative estimate of drug-likeness (QED) is 0.455. The minimum atomic E-state index is -4.69. The van der Waals surface area contributed by atoms with E-state index < -0.39 is 17.8 Å². The van der Waals surface area contributed by atoms with Gasteiger partial charge in [-0.05, 0) is 60.4 Å². The fourth-order valence-electron chi connectivity index (χ4n) is 4.15. The summed E-state index contributed by atoms with van der Waals surface area (Å²) in [5.41, 5.74) is 1.26. The zero-order valence-electron chi connectivity index (χ0n) is 20.4. The Labute approximate surface area is 221 Å². The number of halogens is 3. The molecular weight excluding hydrogens is 509 g/mol. The fourth-order valence-corrected chi connectivity index (χ4v) is 4.15. The summed E-state index contributed by atoms with van der Waals surface area (Å²) in [4.78, 5) is 28.7. The summed E-state index contributed by atoms with van der Waals surface area (Å²) in [6.45, 7) is 3.77. The standard InChI is InChI=1S/C28H21F3N6O2/c1-17-7-8-18(9-10-23(17)38)19-4-2-5-20(14-19)27(39)33-25-11-12-26(35-34-25)37-24(28(29,30)31)15-22(36-37)21-6-3-13-32-16-21/h2-3,5-6,8-16,19H,1,4,7H2,(H,33,34,39). The summed E-state index contributed by atoms with van der Waals surface area (Å²) in [5.74, 6) is -0.791. The monoisotopic (exact) mass is 530 g/mol. The maximum absolute atomic E-state index is 13.7. The largest absolute Gasteiger partial charge is 0.433 e. The average Bonchev–Trinajstić information content (AvgIpc) is 3.33. The van der Waals surface area contributed by atoms with E-state index in [2.05, 4.69) is 32.2 Å². The highest BCUT2D eigenvalue weighted by Gasteiger charge is 2.37. The molecule has 39 heavy (non-hydrogen) atoms. The molecule has 0 aromatic carbocycles. The molecule has 1 atom stereocenters. The zero-order chi connectivity index (χ0) is 27.6. The smallest absolute Gasteiger partial charge is 0.305 e. The zero-order valence-corrected chi connectivity index (χ0v) is 20.4. The number of nitrogens with one attached hydrogen (secondary N) is 1. The normalized spacial score (nSPS) is 17.5. The van der Waals surface area contributed by atoms with Gasteiger partial charge in [-0.15, -0.1) is 10.2 Å². The van der Waals surface area contributed by atoms with Crippen LogP contribution in [0.2, 0.25) is 0 Å². The van der Waals surface area contributed by atoms with Crippen molar-refractivity contribution in [3.63, 3.8) is 0 Å². The van der Waals surface area contributed by atoms with Gasteiger partial charge in [-0.3, -0.25) is 14.6 Å². The van der Waals surface area contributed by atoms with Gasteiger partial charge in [0, 0.05) is 29.4 Å². The van der Waals surface area contributed by atoms with E-state index in [1.54, 1.807) is 30.4 Å². The summed E-state index contributed by atoms with van der Waals surface area (Å²) < 4.78 is 41.8. The first kappa shape index (κ1) is 25.7. The Morgan fingerprint density at radius 3 is 2.69 bits per heavy atom. The van der Waals surface area contributed by atoms with Crippen molar-refractivity contribution < 1.29 is 22.8 Å². The van der Waals surface area contributed by atoms with Gasteiger partial charge in [0.1, 0.15) is 0 Å². The molecule has 3 heterocycles. The first-order valence-electron chi connectivity index (χ1n) is 11.9. The molecular formula is C28H21F3N6O2. The third-order valence-corrected chi connectivity index (χ3v) is 6.18. The Hall–Kier alpha value is -4.93. The predicted molar refractivity (Wildman–Crippen MR) is 137 cm³/mol. The van der Waals surface area contributed by atoms with Gasteiger partial charge in [0.15, 0.2) is 23.1 Å². The molecule has 0 fully saturated rings. The molecule has 1 N–H and O–H groups in total. The van der Waals surface area contributed by atoms with Crippen LogP contribution >= 0.6 is 0 Å². The van der Waals surface area contributed by atoms with Crippen molar-refractivity contribution in [3.05, 3.63) is 108 Å². The lowest BCUT2D eigenvalue weighted by Crippen LogP contribution is -2.18. The van der Waals surface area contributed by atoms with Crippen LogP contribution in [0.4, 0.5) is 19.0 Å². The molecule has 8 nitrogen and oxygen atoms in total. The Morgan fingerprint density at radius 1 is 1.13 bits per heavy atom. The van der Waals surface area contributed by atoms with Crippen LogP contribution in [-0.4, -0.2) is 36.7 Å². The first-order valence-corrected chi connectivity index (χ1v) is 11.9. The first-order chi connectivity index (χ1) is 18.7. The van der Waals surface area contributed by atoms with Crippen LogP contribution in [0.15, 0.2) is 102 Å². The molecule has 3 aromatic rings. The second-order valence-electron chi connectivity index (χ2n) is 8.87. The van der Waals surface area contributed by atoms with E-state index in [4.69, 9.17) is 0 Å². The van der Waals surface area contributed by atoms with Gasteiger partial charge >= 0.3 is 6.18 Å². The molecule has 1 unspecified atom stereocenters. The molecule has 0 saturated heterocycles. The average molecular weight is 531 g/mol. The lowest BCUT2D eigenvalue weighted by atomic mass is 9.88. The number of allylic oxidation sites excluding steroid dienone is 7. The molecule has 11 heteroatoms. The maximum atomic E-state index is 13.7. The number of ketones is 1. The van der Waals surface area contributed by atoms with Crippen molar-refractivity contribution in [3.8, 4) is 17.1 Å². The number of carbonyl (C=O) groups is 2. The van der Waals surface area contributed by atoms with Crippen LogP contribution in [0.5, 0.6) is 0 Å². The summed E-state index contributed by atoms with van der Waals surface area (Å²) in [7, 11) is 0. The highest BCUT2D eigenvalue weighted by atomic mass is 19.4. The number of anilines is 1. The summed E-state index contributed by atoms with van der Waals surface area (Å²) in [6, 6.07) is 6.75. The highest BCUT2D eigenvalue weighted by molar-refractivity contribution is 6.06. The van der Waals surface area contributed by atoms with Crippen molar-refractivity contribution in [2.24, 2.45) is 5.92 Å². The molecule has 0 saturated carbocycles. The van der Waals surface area contributed by atoms with Crippen LogP contribution in [0.1, 0.15) is 18.5 Å². The van der Waals surface area contributed by atoms with E-state index in [0.717, 1.165) is 11.6 Å². The van der Waals surface area contributed by atoms with Crippen LogP contribution in [-0.2, 0) is 15.8 Å². The van der Waals surface area contributed by atoms with Crippen molar-refractivity contribution in [1.82, 2.24) is 25.0 Å². The molecule has 0 spiro atoms. The van der Waals surface area contributed by atoms with E-state index in [9.17, 15) is 22.8 Å². The number of carbonyl (C=O) groups excluding carboxylic acids is 2. The van der Waals surface area contributed by atoms with E-state index in [0.29, 0.717) is 34.2 Å². The molecule has 2 aliphatic carbocycles. The Morgan fingerprint density at radius 2 is 1.97 bits per heavy atom. The molecule has 0 aliphatic heterocycles. The van der Waals surface area contributed by atoms with Crippen LogP contribution in [0.3, 0.4) is 0 Å². The van der Waals surface area contributed by atoms with Gasteiger partial charge in [0.05, 0.1) is 5.69 Å². The number of hydrogen-bond donors (Lipinski definition) is 1. The maximum Gasteiger partial charge on any atom is 0.433 e. The summed E-state index contributed by atoms with van der Waals surface area (Å²) >= 11 is 0. The molecule has 3 aromatic heterocycles. The van der Waals surface area contributed by atoms with Crippen molar-refractivity contribution >= 4 is 17.5 Å². The van der Waals surface area contributed by atoms with Gasteiger partial charge < -0.3 is 5.32 Å². The number of amides is 1. The van der Waals surface area contributed by atoms with E-state index in [1.165, 1.54) is 30.6 Å². The molecule has 0 bridgehead atoms. The number of rotatable bonds is 5. The molecule has 196 valence electrons. The van der Waals surface area contributed by atoms with Crippen molar-refractivity contribution in [1.29, 1.82) is 0 Å². The van der Waals surface area contributed by atoms with E-state index in [1.807, 2.05) is 12.2 Å². The Balaban J connectivity index is 1.34. The van der Waals surface area contributed by atoms with Crippen LogP contribution in [0, 0.1) is 5.92 Å². The molecule has 5 rings (SSSR count). The van der Waals surface area contributed by atoms with E-state index in [-0.39, 0.29) is 29.0 Å².